The molecule has 0 fully saturated rings. The third-order valence-electron chi connectivity index (χ3n) is 5.46. The molecule has 0 atom stereocenters. The van der Waals surface area contributed by atoms with Crippen LogP contribution in [0.2, 0.25) is 0 Å². The van der Waals surface area contributed by atoms with Crippen LogP contribution in [0, 0.1) is 6.92 Å². The summed E-state index contributed by atoms with van der Waals surface area (Å²) < 4.78 is 12.0. The molecule has 4 aromatic rings. The number of nitrogens with zero attached hydrogens (tertiary/aromatic N) is 2. The van der Waals surface area contributed by atoms with E-state index in [-0.39, 0.29) is 17.9 Å². The lowest BCUT2D eigenvalue weighted by Crippen LogP contribution is -2.24. The van der Waals surface area contributed by atoms with Gasteiger partial charge in [0, 0.05) is 10.4 Å². The molecule has 3 heterocycles. The number of fused-ring (bicyclic) bond motifs is 3. The fourth-order valence-electron chi connectivity index (χ4n) is 4.06. The molecule has 3 aromatic heterocycles. The van der Waals surface area contributed by atoms with E-state index in [0.29, 0.717) is 11.6 Å². The zero-order valence-electron chi connectivity index (χ0n) is 16.7. The third kappa shape index (κ3) is 3.06. The number of furan rings is 1. The van der Waals surface area contributed by atoms with Crippen LogP contribution in [0.5, 0.6) is 0 Å². The molecule has 0 bridgehead atoms. The average Bonchev–Trinajstić information content (AvgIpc) is 3.45. The van der Waals surface area contributed by atoms with Gasteiger partial charge in [-0.1, -0.05) is 23.8 Å². The lowest BCUT2D eigenvalue weighted by molar-refractivity contribution is 0.0563. The van der Waals surface area contributed by atoms with Crippen molar-refractivity contribution in [3.05, 3.63) is 74.3 Å². The Kier molecular flexibility index (Phi) is 4.55. The lowest BCUT2D eigenvalue weighted by atomic mass is 10.1. The molecule has 0 N–H and O–H groups in total. The third-order valence-corrected chi connectivity index (χ3v) is 6.65. The van der Waals surface area contributed by atoms with Gasteiger partial charge in [0.1, 0.15) is 16.4 Å². The van der Waals surface area contributed by atoms with Crippen LogP contribution in [-0.2, 0) is 24.1 Å². The SMILES string of the molecule is COC(=O)c1ccc(Cn2c(-c3cccc(C)c3)nc3sc4c(c3c2=O)CCC4)o1. The number of rotatable bonds is 4. The van der Waals surface area contributed by atoms with Crippen molar-refractivity contribution in [2.24, 2.45) is 0 Å². The van der Waals surface area contributed by atoms with Gasteiger partial charge in [-0.3, -0.25) is 9.36 Å². The van der Waals surface area contributed by atoms with Crippen molar-refractivity contribution in [3.8, 4) is 11.4 Å². The van der Waals surface area contributed by atoms with E-state index in [0.717, 1.165) is 46.2 Å². The zero-order chi connectivity index (χ0) is 20.8. The maximum atomic E-state index is 13.6. The summed E-state index contributed by atoms with van der Waals surface area (Å²) in [6, 6.07) is 11.2. The Bertz CT molecular complexity index is 1350. The fraction of sp³-hybridized carbons (Fsp3) is 0.261. The van der Waals surface area contributed by atoms with E-state index in [1.165, 1.54) is 12.0 Å². The number of methoxy groups -OCH3 is 1. The molecule has 0 saturated carbocycles. The molecule has 7 heteroatoms. The van der Waals surface area contributed by atoms with E-state index < -0.39 is 5.97 Å². The van der Waals surface area contributed by atoms with Crippen LogP contribution < -0.4 is 5.56 Å². The number of hydrogen-bond acceptors (Lipinski definition) is 6. The largest absolute Gasteiger partial charge is 0.463 e. The van der Waals surface area contributed by atoms with Crippen LogP contribution in [0.1, 0.15) is 38.7 Å². The number of aryl methyl sites for hydroxylation is 3. The van der Waals surface area contributed by atoms with Crippen LogP contribution in [0.3, 0.4) is 0 Å². The molecule has 0 radical (unpaired) electrons. The highest BCUT2D eigenvalue weighted by molar-refractivity contribution is 7.18. The second-order valence-corrected chi connectivity index (χ2v) is 8.57. The Morgan fingerprint density at radius 1 is 1.27 bits per heavy atom. The van der Waals surface area contributed by atoms with Crippen LogP contribution in [0.15, 0.2) is 45.6 Å². The zero-order valence-corrected chi connectivity index (χ0v) is 17.5. The molecule has 6 nitrogen and oxygen atoms in total. The van der Waals surface area contributed by atoms with E-state index in [4.69, 9.17) is 14.1 Å². The molecule has 0 spiro atoms. The van der Waals surface area contributed by atoms with Crippen molar-refractivity contribution >= 4 is 27.5 Å². The quantitative estimate of drug-likeness (QED) is 0.459. The Hall–Kier alpha value is -3.19. The molecule has 5 rings (SSSR count). The van der Waals surface area contributed by atoms with Gasteiger partial charge in [-0.25, -0.2) is 9.78 Å². The Labute approximate surface area is 176 Å². The Balaban J connectivity index is 1.70. The molecule has 0 unspecified atom stereocenters. The van der Waals surface area contributed by atoms with Gasteiger partial charge in [-0.2, -0.15) is 0 Å². The van der Waals surface area contributed by atoms with Crippen molar-refractivity contribution in [2.45, 2.75) is 32.7 Å². The topological polar surface area (TPSA) is 74.3 Å². The van der Waals surface area contributed by atoms with Crippen LogP contribution in [-0.4, -0.2) is 22.6 Å². The van der Waals surface area contributed by atoms with Crippen molar-refractivity contribution in [1.82, 2.24) is 9.55 Å². The number of carbonyl (C=O) groups is 1. The van der Waals surface area contributed by atoms with E-state index >= 15 is 0 Å². The first kappa shape index (κ1) is 18.8. The molecule has 152 valence electrons. The highest BCUT2D eigenvalue weighted by Crippen LogP contribution is 2.36. The fourth-order valence-corrected chi connectivity index (χ4v) is 5.31. The highest BCUT2D eigenvalue weighted by Gasteiger charge is 2.24. The normalized spacial score (nSPS) is 13.0. The Morgan fingerprint density at radius 3 is 2.93 bits per heavy atom. The highest BCUT2D eigenvalue weighted by atomic mass is 32.1. The molecular formula is C23H20N2O4S. The molecule has 0 aliphatic heterocycles. The molecule has 1 aromatic carbocycles. The second-order valence-electron chi connectivity index (χ2n) is 7.49. The molecule has 30 heavy (non-hydrogen) atoms. The minimum absolute atomic E-state index is 0.0630. The summed E-state index contributed by atoms with van der Waals surface area (Å²) in [5.41, 5.74) is 3.05. The number of carbonyl (C=O) groups excluding carboxylic acids is 1. The molecule has 1 aliphatic rings. The first-order chi connectivity index (χ1) is 14.5. The van der Waals surface area contributed by atoms with Crippen molar-refractivity contribution in [3.63, 3.8) is 0 Å². The minimum Gasteiger partial charge on any atom is -0.463 e. The van der Waals surface area contributed by atoms with Crippen molar-refractivity contribution < 1.29 is 13.9 Å². The Morgan fingerprint density at radius 2 is 2.13 bits per heavy atom. The first-order valence-electron chi connectivity index (χ1n) is 9.84. The number of ether oxygens (including phenoxy) is 1. The number of hydrogen-bond donors (Lipinski definition) is 0. The number of thiophene rings is 1. The average molecular weight is 420 g/mol. The smallest absolute Gasteiger partial charge is 0.373 e. The number of esters is 1. The number of aromatic nitrogens is 2. The van der Waals surface area contributed by atoms with Gasteiger partial charge < -0.3 is 9.15 Å². The number of benzene rings is 1. The summed E-state index contributed by atoms with van der Waals surface area (Å²) in [6.07, 6.45) is 3.01. The van der Waals surface area contributed by atoms with Crippen LogP contribution >= 0.6 is 11.3 Å². The molecular weight excluding hydrogens is 400 g/mol. The van der Waals surface area contributed by atoms with Gasteiger partial charge >= 0.3 is 5.97 Å². The van der Waals surface area contributed by atoms with Crippen LogP contribution in [0.25, 0.3) is 21.6 Å². The summed E-state index contributed by atoms with van der Waals surface area (Å²) in [6.45, 7) is 2.20. The van der Waals surface area contributed by atoms with Crippen molar-refractivity contribution in [1.29, 1.82) is 0 Å². The summed E-state index contributed by atoms with van der Waals surface area (Å²) in [5.74, 6) is 0.673. The van der Waals surface area contributed by atoms with Gasteiger partial charge in [0.05, 0.1) is 19.0 Å². The summed E-state index contributed by atoms with van der Waals surface area (Å²) >= 11 is 1.63. The van der Waals surface area contributed by atoms with Gasteiger partial charge in [0.25, 0.3) is 5.56 Å². The summed E-state index contributed by atoms with van der Waals surface area (Å²) in [7, 11) is 1.31. The maximum Gasteiger partial charge on any atom is 0.373 e. The van der Waals surface area contributed by atoms with E-state index in [2.05, 4.69) is 0 Å². The van der Waals surface area contributed by atoms with Crippen LogP contribution in [0.4, 0.5) is 0 Å². The monoisotopic (exact) mass is 420 g/mol. The molecule has 0 amide bonds. The summed E-state index contributed by atoms with van der Waals surface area (Å²) in [5, 5.41) is 0.726. The van der Waals surface area contributed by atoms with E-state index in [1.807, 2.05) is 31.2 Å². The predicted molar refractivity (Wildman–Crippen MR) is 115 cm³/mol. The predicted octanol–water partition coefficient (Wildman–Crippen LogP) is 4.35. The molecule has 1 aliphatic carbocycles. The minimum atomic E-state index is -0.545. The lowest BCUT2D eigenvalue weighted by Gasteiger charge is -2.12. The van der Waals surface area contributed by atoms with E-state index in [9.17, 15) is 9.59 Å². The maximum absolute atomic E-state index is 13.6. The van der Waals surface area contributed by atoms with Gasteiger partial charge in [-0.15, -0.1) is 11.3 Å². The van der Waals surface area contributed by atoms with Crippen molar-refractivity contribution in [2.75, 3.05) is 7.11 Å². The first-order valence-corrected chi connectivity index (χ1v) is 10.7. The van der Waals surface area contributed by atoms with Gasteiger partial charge in [0.15, 0.2) is 0 Å². The molecule has 0 saturated heterocycles. The van der Waals surface area contributed by atoms with E-state index in [1.54, 1.807) is 28.0 Å². The summed E-state index contributed by atoms with van der Waals surface area (Å²) in [4.78, 5) is 32.4. The second kappa shape index (κ2) is 7.25. The standard InChI is InChI=1S/C23H20N2O4S/c1-13-5-3-6-14(11-13)20-24-21-19(16-7-4-8-18(16)30-21)22(26)25(20)12-15-9-10-17(29-15)23(27)28-2/h3,5-6,9-11H,4,7-8,12H2,1-2H3. The van der Waals surface area contributed by atoms with Gasteiger partial charge in [-0.05, 0) is 49.9 Å². The van der Waals surface area contributed by atoms with Gasteiger partial charge in [0.2, 0.25) is 5.76 Å².